The molecule has 6 rings (SSSR count). The van der Waals surface area contributed by atoms with E-state index in [0.29, 0.717) is 40.9 Å². The molecule has 1 saturated heterocycles. The summed E-state index contributed by atoms with van der Waals surface area (Å²) in [6.45, 7) is 1.30. The summed E-state index contributed by atoms with van der Waals surface area (Å²) in [7, 11) is 0. The van der Waals surface area contributed by atoms with Crippen molar-refractivity contribution in [3.8, 4) is 21.6 Å². The number of fused-ring (bicyclic) bond motifs is 3. The molecule has 3 aromatic carbocycles. The van der Waals surface area contributed by atoms with E-state index in [1.807, 2.05) is 60.0 Å². The van der Waals surface area contributed by atoms with E-state index in [4.69, 9.17) is 5.73 Å². The van der Waals surface area contributed by atoms with Crippen molar-refractivity contribution in [2.75, 3.05) is 18.0 Å². The van der Waals surface area contributed by atoms with Gasteiger partial charge in [0.15, 0.2) is 5.78 Å². The number of thiophene rings is 1. The maximum absolute atomic E-state index is 14.8. The molecule has 1 aliphatic heterocycles. The van der Waals surface area contributed by atoms with E-state index in [1.165, 1.54) is 11.3 Å². The molecule has 0 bridgehead atoms. The Labute approximate surface area is 265 Å². The Hall–Kier alpha value is -3.95. The lowest BCUT2D eigenvalue weighted by molar-refractivity contribution is -0.138. The van der Waals surface area contributed by atoms with Crippen LogP contribution in [0.4, 0.5) is 18.9 Å². The van der Waals surface area contributed by atoms with E-state index in [0.717, 1.165) is 59.2 Å². The van der Waals surface area contributed by atoms with Gasteiger partial charge in [-0.05, 0) is 83.0 Å². The number of alkyl halides is 3. The normalized spacial score (nSPS) is 17.6. The molecule has 2 unspecified atom stereocenters. The zero-order valence-corrected chi connectivity index (χ0v) is 25.9. The van der Waals surface area contributed by atoms with Crippen LogP contribution < -0.4 is 16.0 Å². The highest BCUT2D eigenvalue weighted by Crippen LogP contribution is 2.51. The number of carbonyl (C=O) groups excluding carboxylic acids is 2. The third kappa shape index (κ3) is 6.03. The van der Waals surface area contributed by atoms with Gasteiger partial charge in [0.1, 0.15) is 6.54 Å². The summed E-state index contributed by atoms with van der Waals surface area (Å²) in [4.78, 5) is 31.4. The van der Waals surface area contributed by atoms with Gasteiger partial charge < -0.3 is 16.0 Å². The highest BCUT2D eigenvalue weighted by molar-refractivity contribution is 7.14. The van der Waals surface area contributed by atoms with Crippen LogP contribution in [-0.4, -0.2) is 37.1 Å². The number of nitrogens with zero attached hydrogens (tertiary/aromatic N) is 1. The van der Waals surface area contributed by atoms with Gasteiger partial charge >= 0.3 is 6.18 Å². The van der Waals surface area contributed by atoms with Gasteiger partial charge in [0.05, 0.1) is 17.8 Å². The largest absolute Gasteiger partial charge is 0.405 e. The zero-order chi connectivity index (χ0) is 31.7. The molecule has 2 atom stereocenters. The first kappa shape index (κ1) is 31.0. The number of nitrogens with one attached hydrogen (secondary N) is 1. The standard InChI is InChI=1S/C36H36F3N3O2S/c1-2-3-13-25-30-27(23-14-7-8-15-24(23)31(30)35(44)41-21-36(37,38)39)20-28(32(25)42-18-10-9-16-29(42)40)33(43)26-17-19-45-34(26)22-11-5-4-6-12-22/h4-8,11-12,14-15,17,19-20,29,31H,2-3,9-10,13,16,18,21,40H2,1H3,(H,41,44). The van der Waals surface area contributed by atoms with Gasteiger partial charge in [-0.1, -0.05) is 67.9 Å². The average molecular weight is 632 g/mol. The first-order valence-electron chi connectivity index (χ1n) is 15.5. The fourth-order valence-corrected chi connectivity index (χ4v) is 7.70. The lowest BCUT2D eigenvalue weighted by atomic mass is 9.84. The number of ketones is 1. The SMILES string of the molecule is CCCCc1c2c(cc(C(=O)c3ccsc3-c3ccccc3)c1N1CCCCC1N)-c1ccccc1C2C(=O)NCC(F)(F)F. The number of unbranched alkanes of at least 4 members (excludes halogenated alkanes) is 1. The molecule has 2 heterocycles. The van der Waals surface area contributed by atoms with Crippen LogP contribution in [0.25, 0.3) is 21.6 Å². The average Bonchev–Trinajstić information content (AvgIpc) is 3.66. The van der Waals surface area contributed by atoms with E-state index >= 15 is 0 Å². The Morgan fingerprint density at radius 1 is 1.00 bits per heavy atom. The van der Waals surface area contributed by atoms with Crippen LogP contribution in [0, 0.1) is 0 Å². The van der Waals surface area contributed by atoms with E-state index in [-0.39, 0.29) is 11.9 Å². The zero-order valence-electron chi connectivity index (χ0n) is 25.1. The molecule has 9 heteroatoms. The molecule has 4 aromatic rings. The predicted octanol–water partition coefficient (Wildman–Crippen LogP) is 8.05. The topological polar surface area (TPSA) is 75.4 Å². The molecule has 0 radical (unpaired) electrons. The van der Waals surface area contributed by atoms with E-state index < -0.39 is 24.5 Å². The Bertz CT molecular complexity index is 1720. The van der Waals surface area contributed by atoms with E-state index in [9.17, 15) is 22.8 Å². The quantitative estimate of drug-likeness (QED) is 0.183. The third-order valence-corrected chi connectivity index (χ3v) is 9.79. The summed E-state index contributed by atoms with van der Waals surface area (Å²) >= 11 is 1.51. The molecule has 2 aliphatic rings. The number of benzene rings is 3. The lowest BCUT2D eigenvalue weighted by Gasteiger charge is -2.38. The summed E-state index contributed by atoms with van der Waals surface area (Å²) in [6, 6.07) is 20.9. The summed E-state index contributed by atoms with van der Waals surface area (Å²) < 4.78 is 39.8. The molecule has 5 nitrogen and oxygen atoms in total. The van der Waals surface area contributed by atoms with Crippen LogP contribution in [0.3, 0.4) is 0 Å². The van der Waals surface area contributed by atoms with Crippen LogP contribution in [0.5, 0.6) is 0 Å². The summed E-state index contributed by atoms with van der Waals surface area (Å²) in [5, 5.41) is 4.08. The molecule has 3 N–H and O–H groups in total. The number of rotatable bonds is 9. The Morgan fingerprint density at radius 2 is 1.76 bits per heavy atom. The number of halogens is 3. The Balaban J connectivity index is 1.60. The highest BCUT2D eigenvalue weighted by atomic mass is 32.1. The first-order chi connectivity index (χ1) is 21.7. The van der Waals surface area contributed by atoms with E-state index in [2.05, 4.69) is 17.1 Å². The van der Waals surface area contributed by atoms with Gasteiger partial charge in [-0.3, -0.25) is 9.59 Å². The van der Waals surface area contributed by atoms with Crippen LogP contribution in [0.15, 0.2) is 72.1 Å². The molecule has 1 aromatic heterocycles. The number of hydrogen-bond donors (Lipinski definition) is 2. The fourth-order valence-electron chi connectivity index (χ4n) is 6.80. The molecule has 45 heavy (non-hydrogen) atoms. The number of nitrogens with two attached hydrogens (primary N) is 1. The van der Waals surface area contributed by atoms with Crippen molar-refractivity contribution in [3.05, 3.63) is 99.9 Å². The van der Waals surface area contributed by atoms with Crippen molar-refractivity contribution >= 4 is 28.7 Å². The summed E-state index contributed by atoms with van der Waals surface area (Å²) in [5.41, 5.74) is 13.1. The molecular weight excluding hydrogens is 595 g/mol. The number of carbonyl (C=O) groups is 2. The van der Waals surface area contributed by atoms with Crippen molar-refractivity contribution in [3.63, 3.8) is 0 Å². The van der Waals surface area contributed by atoms with Crippen LogP contribution >= 0.6 is 11.3 Å². The van der Waals surface area contributed by atoms with Crippen molar-refractivity contribution in [1.82, 2.24) is 5.32 Å². The molecule has 1 fully saturated rings. The van der Waals surface area contributed by atoms with Gasteiger partial charge in [-0.2, -0.15) is 13.2 Å². The maximum atomic E-state index is 14.8. The van der Waals surface area contributed by atoms with E-state index in [1.54, 1.807) is 12.1 Å². The van der Waals surface area contributed by atoms with Crippen LogP contribution in [0.1, 0.15) is 77.6 Å². The predicted molar refractivity (Wildman–Crippen MR) is 174 cm³/mol. The maximum Gasteiger partial charge on any atom is 0.405 e. The summed E-state index contributed by atoms with van der Waals surface area (Å²) in [6.07, 6.45) is -0.0598. The second kappa shape index (κ2) is 12.8. The van der Waals surface area contributed by atoms with Crippen molar-refractivity contribution in [2.24, 2.45) is 5.73 Å². The van der Waals surface area contributed by atoms with Gasteiger partial charge in [0.25, 0.3) is 0 Å². The minimum atomic E-state index is -4.54. The monoisotopic (exact) mass is 631 g/mol. The number of piperidine rings is 1. The highest BCUT2D eigenvalue weighted by Gasteiger charge is 2.41. The third-order valence-electron chi connectivity index (χ3n) is 8.83. The second-order valence-corrected chi connectivity index (χ2v) is 12.7. The minimum Gasteiger partial charge on any atom is -0.355 e. The van der Waals surface area contributed by atoms with Gasteiger partial charge in [-0.25, -0.2) is 0 Å². The molecule has 0 saturated carbocycles. The number of amides is 1. The molecule has 234 valence electrons. The fraction of sp³-hybridized carbons (Fsp3) is 0.333. The molecule has 0 spiro atoms. The van der Waals surface area contributed by atoms with Crippen LogP contribution in [0.2, 0.25) is 0 Å². The first-order valence-corrected chi connectivity index (χ1v) is 16.4. The van der Waals surface area contributed by atoms with Crippen molar-refractivity contribution in [2.45, 2.75) is 63.7 Å². The van der Waals surface area contributed by atoms with Gasteiger partial charge in [0.2, 0.25) is 5.91 Å². The molecular formula is C36H36F3N3O2S. The number of hydrogen-bond acceptors (Lipinski definition) is 5. The van der Waals surface area contributed by atoms with Crippen molar-refractivity contribution in [1.29, 1.82) is 0 Å². The second-order valence-electron chi connectivity index (χ2n) is 11.8. The minimum absolute atomic E-state index is 0.133. The number of anilines is 1. The van der Waals surface area contributed by atoms with Crippen molar-refractivity contribution < 1.29 is 22.8 Å². The van der Waals surface area contributed by atoms with Gasteiger partial charge in [0, 0.05) is 22.5 Å². The summed E-state index contributed by atoms with van der Waals surface area (Å²) in [5.74, 6) is -1.77. The molecule has 1 amide bonds. The Morgan fingerprint density at radius 3 is 2.49 bits per heavy atom. The Kier molecular flexibility index (Phi) is 8.84. The molecule has 1 aliphatic carbocycles. The lowest BCUT2D eigenvalue weighted by Crippen LogP contribution is -2.47. The van der Waals surface area contributed by atoms with Gasteiger partial charge in [-0.15, -0.1) is 11.3 Å². The smallest absolute Gasteiger partial charge is 0.355 e. The van der Waals surface area contributed by atoms with Crippen LogP contribution in [-0.2, 0) is 11.2 Å².